The molecule has 2 heteroatoms. The van der Waals surface area contributed by atoms with Crippen molar-refractivity contribution in [3.63, 3.8) is 0 Å². The summed E-state index contributed by atoms with van der Waals surface area (Å²) in [5.74, 6) is 1.11. The fourth-order valence-corrected chi connectivity index (χ4v) is 3.67. The second kappa shape index (κ2) is 5.36. The van der Waals surface area contributed by atoms with Crippen LogP contribution >= 0.6 is 0 Å². The highest BCUT2D eigenvalue weighted by atomic mass is 16.1. The van der Waals surface area contributed by atoms with Crippen molar-refractivity contribution in [3.8, 4) is 0 Å². The number of carbonyl (C=O) groups is 1. The van der Waals surface area contributed by atoms with E-state index < -0.39 is 0 Å². The van der Waals surface area contributed by atoms with E-state index in [1.807, 2.05) is 0 Å². The molecule has 3 unspecified atom stereocenters. The molecular formula is C17H23NO. The summed E-state index contributed by atoms with van der Waals surface area (Å²) in [6, 6.07) is 8.86. The van der Waals surface area contributed by atoms with E-state index >= 15 is 0 Å². The van der Waals surface area contributed by atoms with Crippen molar-refractivity contribution < 1.29 is 4.79 Å². The molecule has 0 aliphatic heterocycles. The third-order valence-corrected chi connectivity index (χ3v) is 4.73. The summed E-state index contributed by atoms with van der Waals surface area (Å²) in [6.07, 6.45) is 6.83. The zero-order chi connectivity index (χ0) is 13.2. The van der Waals surface area contributed by atoms with Gasteiger partial charge in [0, 0.05) is 6.04 Å². The van der Waals surface area contributed by atoms with E-state index in [1.54, 1.807) is 0 Å². The first-order valence-corrected chi connectivity index (χ1v) is 7.62. The number of rotatable bonds is 2. The fourth-order valence-electron chi connectivity index (χ4n) is 3.67. The van der Waals surface area contributed by atoms with Crippen LogP contribution in [-0.2, 0) is 11.2 Å². The topological polar surface area (TPSA) is 29.1 Å². The van der Waals surface area contributed by atoms with Gasteiger partial charge in [0.2, 0.25) is 5.91 Å². The number of hydrogen-bond donors (Lipinski definition) is 1. The minimum absolute atomic E-state index is 0.0841. The summed E-state index contributed by atoms with van der Waals surface area (Å²) in [6.45, 7) is 2.28. The number of fused-ring (bicyclic) bond motifs is 1. The maximum Gasteiger partial charge on any atom is 0.227 e. The normalized spacial score (nSPS) is 29.8. The number of benzene rings is 1. The third-order valence-electron chi connectivity index (χ3n) is 4.73. The molecule has 3 atom stereocenters. The molecule has 1 aromatic carbocycles. The van der Waals surface area contributed by atoms with Crippen molar-refractivity contribution in [1.82, 2.24) is 5.32 Å². The summed E-state index contributed by atoms with van der Waals surface area (Å²) in [4.78, 5) is 12.5. The maximum absolute atomic E-state index is 12.5. The number of aryl methyl sites for hydroxylation is 1. The lowest BCUT2D eigenvalue weighted by molar-refractivity contribution is -0.123. The molecule has 1 saturated carbocycles. The molecule has 0 saturated heterocycles. The van der Waals surface area contributed by atoms with E-state index in [0.717, 1.165) is 38.0 Å². The maximum atomic E-state index is 12.5. The van der Waals surface area contributed by atoms with Gasteiger partial charge in [-0.25, -0.2) is 0 Å². The van der Waals surface area contributed by atoms with E-state index in [-0.39, 0.29) is 11.8 Å². The Bertz CT molecular complexity index is 468. The minimum Gasteiger partial charge on any atom is -0.353 e. The summed E-state index contributed by atoms with van der Waals surface area (Å²) in [7, 11) is 0. The number of amides is 1. The van der Waals surface area contributed by atoms with Crippen molar-refractivity contribution in [2.75, 3.05) is 0 Å². The fraction of sp³-hybridized carbons (Fsp3) is 0.588. The number of hydrogen-bond acceptors (Lipinski definition) is 1. The van der Waals surface area contributed by atoms with Gasteiger partial charge in [0.1, 0.15) is 0 Å². The summed E-state index contributed by atoms with van der Waals surface area (Å²) < 4.78 is 0. The Hall–Kier alpha value is -1.31. The SMILES string of the molecule is CC1CCC(NC(=O)C2CCCc3ccccc32)C1. The highest BCUT2D eigenvalue weighted by Crippen LogP contribution is 2.32. The molecule has 0 aromatic heterocycles. The van der Waals surface area contributed by atoms with Crippen LogP contribution in [-0.4, -0.2) is 11.9 Å². The quantitative estimate of drug-likeness (QED) is 0.864. The van der Waals surface area contributed by atoms with Gasteiger partial charge in [0.25, 0.3) is 0 Å². The van der Waals surface area contributed by atoms with Crippen LogP contribution in [0.1, 0.15) is 56.1 Å². The molecule has 1 fully saturated rings. The van der Waals surface area contributed by atoms with Gasteiger partial charge in [-0.05, 0) is 55.6 Å². The molecule has 1 N–H and O–H groups in total. The molecule has 0 spiro atoms. The molecule has 102 valence electrons. The predicted octanol–water partition coefficient (Wildman–Crippen LogP) is 3.41. The Morgan fingerprint density at radius 1 is 1.21 bits per heavy atom. The van der Waals surface area contributed by atoms with Gasteiger partial charge in [0.05, 0.1) is 5.92 Å². The van der Waals surface area contributed by atoms with Crippen LogP contribution in [0.4, 0.5) is 0 Å². The van der Waals surface area contributed by atoms with Gasteiger partial charge in [-0.3, -0.25) is 4.79 Å². The lowest BCUT2D eigenvalue weighted by Crippen LogP contribution is -2.37. The van der Waals surface area contributed by atoms with Gasteiger partial charge >= 0.3 is 0 Å². The van der Waals surface area contributed by atoms with Crippen molar-refractivity contribution in [1.29, 1.82) is 0 Å². The molecule has 0 radical (unpaired) electrons. The van der Waals surface area contributed by atoms with Crippen molar-refractivity contribution in [2.24, 2.45) is 5.92 Å². The standard InChI is InChI=1S/C17H23NO/c1-12-9-10-14(11-12)18-17(19)16-8-4-6-13-5-2-3-7-15(13)16/h2-3,5,7,12,14,16H,4,6,8-11H2,1H3,(H,18,19). The first kappa shape index (κ1) is 12.7. The second-order valence-electron chi connectivity index (χ2n) is 6.27. The lowest BCUT2D eigenvalue weighted by Gasteiger charge is -2.26. The van der Waals surface area contributed by atoms with Gasteiger partial charge in [0.15, 0.2) is 0 Å². The Labute approximate surface area is 115 Å². The van der Waals surface area contributed by atoms with Gasteiger partial charge in [-0.1, -0.05) is 31.2 Å². The Morgan fingerprint density at radius 2 is 2.05 bits per heavy atom. The lowest BCUT2D eigenvalue weighted by atomic mass is 9.82. The van der Waals surface area contributed by atoms with Crippen LogP contribution in [0, 0.1) is 5.92 Å². The number of carbonyl (C=O) groups excluding carboxylic acids is 1. The molecule has 1 aromatic rings. The summed E-state index contributed by atoms with van der Waals surface area (Å²) in [5.41, 5.74) is 2.63. The van der Waals surface area contributed by atoms with Crippen LogP contribution in [0.5, 0.6) is 0 Å². The van der Waals surface area contributed by atoms with Gasteiger partial charge in [-0.2, -0.15) is 0 Å². The zero-order valence-corrected chi connectivity index (χ0v) is 11.7. The Balaban J connectivity index is 1.71. The van der Waals surface area contributed by atoms with Crippen LogP contribution < -0.4 is 5.32 Å². The van der Waals surface area contributed by atoms with Crippen LogP contribution in [0.3, 0.4) is 0 Å². The van der Waals surface area contributed by atoms with Crippen LogP contribution in [0.25, 0.3) is 0 Å². The molecule has 2 aliphatic rings. The Morgan fingerprint density at radius 3 is 2.84 bits per heavy atom. The van der Waals surface area contributed by atoms with Crippen molar-refractivity contribution in [3.05, 3.63) is 35.4 Å². The van der Waals surface area contributed by atoms with E-state index in [2.05, 4.69) is 36.5 Å². The minimum atomic E-state index is 0.0841. The smallest absolute Gasteiger partial charge is 0.227 e. The second-order valence-corrected chi connectivity index (χ2v) is 6.27. The average molecular weight is 257 g/mol. The summed E-state index contributed by atoms with van der Waals surface area (Å²) in [5, 5.41) is 3.28. The number of nitrogens with one attached hydrogen (secondary N) is 1. The van der Waals surface area contributed by atoms with Crippen LogP contribution in [0.15, 0.2) is 24.3 Å². The van der Waals surface area contributed by atoms with E-state index in [1.165, 1.54) is 17.5 Å². The molecule has 0 heterocycles. The highest BCUT2D eigenvalue weighted by Gasteiger charge is 2.29. The van der Waals surface area contributed by atoms with Gasteiger partial charge < -0.3 is 5.32 Å². The molecule has 2 aliphatic carbocycles. The Kier molecular flexibility index (Phi) is 3.58. The molecule has 0 bridgehead atoms. The first-order valence-electron chi connectivity index (χ1n) is 7.62. The first-order chi connectivity index (χ1) is 9.24. The third kappa shape index (κ3) is 2.68. The zero-order valence-electron chi connectivity index (χ0n) is 11.7. The van der Waals surface area contributed by atoms with Crippen molar-refractivity contribution >= 4 is 5.91 Å². The molecule has 19 heavy (non-hydrogen) atoms. The average Bonchev–Trinajstić information content (AvgIpc) is 2.83. The molecule has 3 rings (SSSR count). The molecule has 1 amide bonds. The van der Waals surface area contributed by atoms with E-state index in [0.29, 0.717) is 6.04 Å². The largest absolute Gasteiger partial charge is 0.353 e. The molecular weight excluding hydrogens is 234 g/mol. The van der Waals surface area contributed by atoms with Gasteiger partial charge in [-0.15, -0.1) is 0 Å². The van der Waals surface area contributed by atoms with Crippen LogP contribution in [0.2, 0.25) is 0 Å². The van der Waals surface area contributed by atoms with E-state index in [4.69, 9.17) is 0 Å². The monoisotopic (exact) mass is 257 g/mol. The van der Waals surface area contributed by atoms with E-state index in [9.17, 15) is 4.79 Å². The predicted molar refractivity (Wildman–Crippen MR) is 77.1 cm³/mol. The summed E-state index contributed by atoms with van der Waals surface area (Å²) >= 11 is 0. The molecule has 2 nitrogen and oxygen atoms in total. The van der Waals surface area contributed by atoms with Crippen molar-refractivity contribution in [2.45, 2.75) is 57.4 Å². The highest BCUT2D eigenvalue weighted by molar-refractivity contribution is 5.84.